The first kappa shape index (κ1) is 13.8. The van der Waals surface area contributed by atoms with Crippen LogP contribution in [0.4, 0.5) is 0 Å². The van der Waals surface area contributed by atoms with Crippen LogP contribution in [-0.2, 0) is 0 Å². The molecular formula is C13H22N2O2. The molecule has 1 amide bonds. The van der Waals surface area contributed by atoms with Crippen molar-refractivity contribution in [3.63, 3.8) is 0 Å². The van der Waals surface area contributed by atoms with Crippen molar-refractivity contribution >= 4 is 5.91 Å². The number of carbonyl (C=O) groups is 1. The van der Waals surface area contributed by atoms with Crippen LogP contribution in [0.15, 0.2) is 16.7 Å². The maximum atomic E-state index is 11.8. The molecule has 17 heavy (non-hydrogen) atoms. The monoisotopic (exact) mass is 238 g/mol. The first-order valence-electron chi connectivity index (χ1n) is 6.21. The van der Waals surface area contributed by atoms with Gasteiger partial charge in [-0.15, -0.1) is 0 Å². The topological polar surface area (TPSA) is 68.3 Å². The van der Waals surface area contributed by atoms with E-state index in [1.807, 2.05) is 6.92 Å². The van der Waals surface area contributed by atoms with Crippen LogP contribution < -0.4 is 11.1 Å². The first-order valence-corrected chi connectivity index (χ1v) is 6.21. The number of furan rings is 1. The average molecular weight is 238 g/mol. The molecule has 1 aromatic heterocycles. The van der Waals surface area contributed by atoms with Gasteiger partial charge >= 0.3 is 0 Å². The highest BCUT2D eigenvalue weighted by Gasteiger charge is 2.14. The highest BCUT2D eigenvalue weighted by Crippen LogP contribution is 2.11. The van der Waals surface area contributed by atoms with E-state index >= 15 is 0 Å². The maximum absolute atomic E-state index is 11.8. The minimum Gasteiger partial charge on any atom is -0.459 e. The van der Waals surface area contributed by atoms with E-state index in [4.69, 9.17) is 10.2 Å². The fourth-order valence-electron chi connectivity index (χ4n) is 1.92. The summed E-state index contributed by atoms with van der Waals surface area (Å²) in [6.45, 7) is 5.34. The van der Waals surface area contributed by atoms with E-state index < -0.39 is 0 Å². The van der Waals surface area contributed by atoms with E-state index in [0.29, 0.717) is 24.8 Å². The number of rotatable bonds is 7. The Balaban J connectivity index is 2.43. The van der Waals surface area contributed by atoms with E-state index in [1.54, 1.807) is 6.07 Å². The molecule has 3 N–H and O–H groups in total. The van der Waals surface area contributed by atoms with Gasteiger partial charge < -0.3 is 15.5 Å². The molecule has 0 radical (unpaired) electrons. The molecule has 1 atom stereocenters. The van der Waals surface area contributed by atoms with Crippen molar-refractivity contribution in [3.05, 3.63) is 23.7 Å². The zero-order valence-corrected chi connectivity index (χ0v) is 10.7. The second kappa shape index (κ2) is 7.12. The molecule has 96 valence electrons. The molecule has 0 aliphatic rings. The van der Waals surface area contributed by atoms with Gasteiger partial charge in [0.25, 0.3) is 5.91 Å². The minimum absolute atomic E-state index is 0.134. The molecule has 1 aromatic rings. The number of nitrogens with two attached hydrogens (primary N) is 1. The Bertz CT molecular complexity index is 341. The third-order valence-corrected chi connectivity index (χ3v) is 2.89. The Labute approximate surface area is 103 Å². The molecule has 0 saturated heterocycles. The van der Waals surface area contributed by atoms with Gasteiger partial charge in [0.15, 0.2) is 5.76 Å². The number of amides is 1. The Morgan fingerprint density at radius 1 is 1.53 bits per heavy atom. The van der Waals surface area contributed by atoms with E-state index in [9.17, 15) is 4.79 Å². The molecule has 0 aromatic carbocycles. The molecule has 4 nitrogen and oxygen atoms in total. The van der Waals surface area contributed by atoms with Crippen LogP contribution in [0.1, 0.15) is 42.3 Å². The first-order chi connectivity index (χ1) is 8.19. The quantitative estimate of drug-likeness (QED) is 0.764. The third-order valence-electron chi connectivity index (χ3n) is 2.89. The number of carbonyl (C=O) groups excluding carboxylic acids is 1. The predicted octanol–water partition coefficient (Wildman–Crippen LogP) is 2.08. The van der Waals surface area contributed by atoms with Gasteiger partial charge in [-0.25, -0.2) is 0 Å². The molecule has 0 aliphatic heterocycles. The highest BCUT2D eigenvalue weighted by molar-refractivity contribution is 5.92. The van der Waals surface area contributed by atoms with E-state index in [1.165, 1.54) is 6.26 Å². The van der Waals surface area contributed by atoms with Gasteiger partial charge in [0.2, 0.25) is 0 Å². The molecule has 0 spiro atoms. The lowest BCUT2D eigenvalue weighted by Gasteiger charge is -2.15. The standard InChI is InChI=1S/C13H22N2O2/c1-3-4-11(5-7-14)9-15-13(16)12-10(2)6-8-17-12/h6,8,11H,3-5,7,9,14H2,1-2H3,(H,15,16). The molecule has 0 fully saturated rings. The van der Waals surface area contributed by atoms with Crippen molar-refractivity contribution in [2.24, 2.45) is 11.7 Å². The number of hydrogen-bond donors (Lipinski definition) is 2. The SMILES string of the molecule is CCCC(CCN)CNC(=O)c1occc1C. The van der Waals surface area contributed by atoms with Crippen LogP contribution in [-0.4, -0.2) is 19.0 Å². The van der Waals surface area contributed by atoms with Crippen molar-refractivity contribution in [3.8, 4) is 0 Å². The Morgan fingerprint density at radius 2 is 2.29 bits per heavy atom. The van der Waals surface area contributed by atoms with Crippen LogP contribution in [0.2, 0.25) is 0 Å². The number of nitrogens with one attached hydrogen (secondary N) is 1. The van der Waals surface area contributed by atoms with Crippen molar-refractivity contribution in [1.29, 1.82) is 0 Å². The predicted molar refractivity (Wildman–Crippen MR) is 67.8 cm³/mol. The second-order valence-corrected chi connectivity index (χ2v) is 4.37. The summed E-state index contributed by atoms with van der Waals surface area (Å²) in [5, 5.41) is 2.91. The molecule has 1 rings (SSSR count). The van der Waals surface area contributed by atoms with E-state index in [0.717, 1.165) is 24.8 Å². The van der Waals surface area contributed by atoms with Gasteiger partial charge in [-0.3, -0.25) is 4.79 Å². The number of aryl methyl sites for hydroxylation is 1. The van der Waals surface area contributed by atoms with Crippen molar-refractivity contribution in [1.82, 2.24) is 5.32 Å². The Morgan fingerprint density at radius 3 is 2.82 bits per heavy atom. The van der Waals surface area contributed by atoms with Crippen LogP contribution in [0, 0.1) is 12.8 Å². The third kappa shape index (κ3) is 4.23. The molecule has 0 saturated carbocycles. The summed E-state index contributed by atoms with van der Waals surface area (Å²) in [6, 6.07) is 1.79. The van der Waals surface area contributed by atoms with Crippen LogP contribution in [0.25, 0.3) is 0 Å². The molecule has 1 heterocycles. The summed E-state index contributed by atoms with van der Waals surface area (Å²) in [7, 11) is 0. The zero-order chi connectivity index (χ0) is 12.7. The van der Waals surface area contributed by atoms with Gasteiger partial charge in [-0.05, 0) is 38.3 Å². The second-order valence-electron chi connectivity index (χ2n) is 4.37. The zero-order valence-electron chi connectivity index (χ0n) is 10.7. The van der Waals surface area contributed by atoms with Crippen molar-refractivity contribution in [2.45, 2.75) is 33.1 Å². The summed E-state index contributed by atoms with van der Waals surface area (Å²) in [5.41, 5.74) is 6.42. The molecular weight excluding hydrogens is 216 g/mol. The summed E-state index contributed by atoms with van der Waals surface area (Å²) in [5.74, 6) is 0.739. The van der Waals surface area contributed by atoms with Gasteiger partial charge in [0.1, 0.15) is 0 Å². The smallest absolute Gasteiger partial charge is 0.287 e. The molecule has 0 bridgehead atoms. The molecule has 0 aliphatic carbocycles. The largest absolute Gasteiger partial charge is 0.459 e. The summed E-state index contributed by atoms with van der Waals surface area (Å²) >= 11 is 0. The van der Waals surface area contributed by atoms with Crippen molar-refractivity contribution in [2.75, 3.05) is 13.1 Å². The van der Waals surface area contributed by atoms with Gasteiger partial charge in [-0.1, -0.05) is 13.3 Å². The summed E-state index contributed by atoms with van der Waals surface area (Å²) < 4.78 is 5.14. The fraction of sp³-hybridized carbons (Fsp3) is 0.615. The van der Waals surface area contributed by atoms with E-state index in [-0.39, 0.29) is 5.91 Å². The van der Waals surface area contributed by atoms with Gasteiger partial charge in [0.05, 0.1) is 6.26 Å². The van der Waals surface area contributed by atoms with Gasteiger partial charge in [-0.2, -0.15) is 0 Å². The summed E-state index contributed by atoms with van der Waals surface area (Å²) in [4.78, 5) is 11.8. The Hall–Kier alpha value is -1.29. The van der Waals surface area contributed by atoms with Crippen molar-refractivity contribution < 1.29 is 9.21 Å². The Kier molecular flexibility index (Phi) is 5.77. The summed E-state index contributed by atoms with van der Waals surface area (Å²) in [6.07, 6.45) is 4.69. The molecule has 4 heteroatoms. The lowest BCUT2D eigenvalue weighted by Crippen LogP contribution is -2.30. The van der Waals surface area contributed by atoms with Crippen LogP contribution in [0.3, 0.4) is 0 Å². The molecule has 1 unspecified atom stereocenters. The maximum Gasteiger partial charge on any atom is 0.287 e. The normalized spacial score (nSPS) is 12.4. The fourth-order valence-corrected chi connectivity index (χ4v) is 1.92. The highest BCUT2D eigenvalue weighted by atomic mass is 16.3. The lowest BCUT2D eigenvalue weighted by atomic mass is 10.00. The average Bonchev–Trinajstić information content (AvgIpc) is 2.72. The van der Waals surface area contributed by atoms with E-state index in [2.05, 4.69) is 12.2 Å². The number of hydrogen-bond acceptors (Lipinski definition) is 3. The van der Waals surface area contributed by atoms with Gasteiger partial charge in [0, 0.05) is 12.1 Å². The van der Waals surface area contributed by atoms with Crippen LogP contribution in [0.5, 0.6) is 0 Å². The van der Waals surface area contributed by atoms with Crippen LogP contribution >= 0.6 is 0 Å². The lowest BCUT2D eigenvalue weighted by molar-refractivity contribution is 0.0917. The minimum atomic E-state index is -0.134.